The van der Waals surface area contributed by atoms with Crippen LogP contribution in [0.15, 0.2) is 10.7 Å². The summed E-state index contributed by atoms with van der Waals surface area (Å²) in [7, 11) is 0. The highest BCUT2D eigenvalue weighted by Gasteiger charge is 2.03. The molecule has 0 atom stereocenters. The number of halogens is 1. The Labute approximate surface area is 66.1 Å². The average molecular weight is 204 g/mol. The summed E-state index contributed by atoms with van der Waals surface area (Å²) in [6, 6.07) is -0.575. The zero-order valence-electron chi connectivity index (χ0n) is 5.34. The number of primary amides is 1. The molecule has 0 bridgehead atoms. The molecule has 10 heavy (non-hydrogen) atoms. The van der Waals surface area contributed by atoms with Gasteiger partial charge in [0.05, 0.1) is 16.4 Å². The number of nitrogens with zero attached hydrogens (tertiary/aromatic N) is 2. The number of hydrogen-bond donors (Lipinski definition) is 1. The first kappa shape index (κ1) is 7.27. The third kappa shape index (κ3) is 1.18. The second kappa shape index (κ2) is 2.42. The SMILES string of the molecule is Cc1nn(C(N)=O)cc1Br. The Hall–Kier alpha value is -0.840. The van der Waals surface area contributed by atoms with E-state index in [-0.39, 0.29) is 0 Å². The maximum Gasteiger partial charge on any atom is 0.339 e. The van der Waals surface area contributed by atoms with Crippen molar-refractivity contribution in [2.24, 2.45) is 5.73 Å². The predicted molar refractivity (Wildman–Crippen MR) is 39.6 cm³/mol. The van der Waals surface area contributed by atoms with E-state index >= 15 is 0 Å². The molecular weight excluding hydrogens is 198 g/mol. The molecule has 0 unspecified atom stereocenters. The van der Waals surface area contributed by atoms with Crippen LogP contribution in [-0.2, 0) is 0 Å². The van der Waals surface area contributed by atoms with Crippen molar-refractivity contribution in [1.29, 1.82) is 0 Å². The van der Waals surface area contributed by atoms with Gasteiger partial charge in [0.15, 0.2) is 0 Å². The molecule has 0 aliphatic heterocycles. The van der Waals surface area contributed by atoms with E-state index in [2.05, 4.69) is 21.0 Å². The molecule has 0 fully saturated rings. The minimum absolute atomic E-state index is 0.575. The van der Waals surface area contributed by atoms with E-state index in [1.54, 1.807) is 6.92 Å². The van der Waals surface area contributed by atoms with Crippen molar-refractivity contribution in [2.45, 2.75) is 6.92 Å². The zero-order valence-corrected chi connectivity index (χ0v) is 6.92. The Balaban J connectivity index is 3.10. The fraction of sp³-hybridized carbons (Fsp3) is 0.200. The lowest BCUT2D eigenvalue weighted by molar-refractivity contribution is 0.247. The normalized spacial score (nSPS) is 9.80. The Kier molecular flexibility index (Phi) is 1.76. The van der Waals surface area contributed by atoms with Crippen molar-refractivity contribution in [3.8, 4) is 0 Å². The van der Waals surface area contributed by atoms with Crippen molar-refractivity contribution in [3.63, 3.8) is 0 Å². The standard InChI is InChI=1S/C5H6BrN3O/c1-3-4(6)2-9(8-3)5(7)10/h2H,1H3,(H2,7,10). The maximum absolute atomic E-state index is 10.5. The average Bonchev–Trinajstić information content (AvgIpc) is 2.13. The van der Waals surface area contributed by atoms with E-state index in [1.165, 1.54) is 6.20 Å². The second-order valence-corrected chi connectivity index (χ2v) is 2.70. The third-order valence-corrected chi connectivity index (χ3v) is 1.84. The van der Waals surface area contributed by atoms with Crippen LogP contribution < -0.4 is 5.73 Å². The Morgan fingerprint density at radius 1 is 1.90 bits per heavy atom. The monoisotopic (exact) mass is 203 g/mol. The van der Waals surface area contributed by atoms with Gasteiger partial charge in [0, 0.05) is 0 Å². The van der Waals surface area contributed by atoms with Crippen molar-refractivity contribution in [3.05, 3.63) is 16.4 Å². The second-order valence-electron chi connectivity index (χ2n) is 1.85. The van der Waals surface area contributed by atoms with E-state index in [9.17, 15) is 4.79 Å². The van der Waals surface area contributed by atoms with Crippen molar-refractivity contribution < 1.29 is 4.79 Å². The fourth-order valence-corrected chi connectivity index (χ4v) is 0.825. The Bertz CT molecular complexity index is 248. The van der Waals surface area contributed by atoms with Crippen LogP contribution in [0.3, 0.4) is 0 Å². The molecule has 5 heteroatoms. The molecule has 0 spiro atoms. The van der Waals surface area contributed by atoms with Crippen molar-refractivity contribution >= 4 is 22.0 Å². The zero-order chi connectivity index (χ0) is 7.72. The number of carbonyl (C=O) groups excluding carboxylic acids is 1. The van der Waals surface area contributed by atoms with Gasteiger partial charge in [0.25, 0.3) is 0 Å². The lowest BCUT2D eigenvalue weighted by atomic mass is 10.5. The first-order valence-corrected chi connectivity index (χ1v) is 3.42. The molecule has 54 valence electrons. The number of nitrogens with two attached hydrogens (primary N) is 1. The quantitative estimate of drug-likeness (QED) is 0.681. The highest BCUT2D eigenvalue weighted by Crippen LogP contribution is 2.12. The van der Waals surface area contributed by atoms with Gasteiger partial charge in [-0.2, -0.15) is 9.78 Å². The summed E-state index contributed by atoms with van der Waals surface area (Å²) in [4.78, 5) is 10.5. The van der Waals surface area contributed by atoms with Crippen LogP contribution in [0.5, 0.6) is 0 Å². The number of aromatic nitrogens is 2. The lowest BCUT2D eigenvalue weighted by Gasteiger charge is -1.87. The van der Waals surface area contributed by atoms with Crippen LogP contribution in [0.4, 0.5) is 4.79 Å². The Morgan fingerprint density at radius 2 is 2.50 bits per heavy atom. The van der Waals surface area contributed by atoms with Crippen molar-refractivity contribution in [2.75, 3.05) is 0 Å². The van der Waals surface area contributed by atoms with Gasteiger partial charge in [-0.1, -0.05) is 0 Å². The van der Waals surface area contributed by atoms with E-state index in [0.717, 1.165) is 14.8 Å². The number of hydrogen-bond acceptors (Lipinski definition) is 2. The minimum atomic E-state index is -0.575. The summed E-state index contributed by atoms with van der Waals surface area (Å²) in [5.41, 5.74) is 5.69. The van der Waals surface area contributed by atoms with Crippen LogP contribution in [0.2, 0.25) is 0 Å². The molecule has 2 N–H and O–H groups in total. The van der Waals surface area contributed by atoms with Gasteiger partial charge in [-0.05, 0) is 22.9 Å². The van der Waals surface area contributed by atoms with E-state index in [1.807, 2.05) is 0 Å². The minimum Gasteiger partial charge on any atom is -0.350 e. The van der Waals surface area contributed by atoms with Gasteiger partial charge in [-0.15, -0.1) is 0 Å². The van der Waals surface area contributed by atoms with Crippen LogP contribution in [0.25, 0.3) is 0 Å². The summed E-state index contributed by atoms with van der Waals surface area (Å²) in [5.74, 6) is 0. The van der Waals surface area contributed by atoms with Gasteiger partial charge in [-0.3, -0.25) is 0 Å². The topological polar surface area (TPSA) is 60.9 Å². The van der Waals surface area contributed by atoms with Crippen molar-refractivity contribution in [1.82, 2.24) is 9.78 Å². The first-order chi connectivity index (χ1) is 4.61. The van der Waals surface area contributed by atoms with Crippen LogP contribution >= 0.6 is 15.9 Å². The number of carbonyl (C=O) groups is 1. The highest BCUT2D eigenvalue weighted by molar-refractivity contribution is 9.10. The number of aryl methyl sites for hydroxylation is 1. The molecule has 0 radical (unpaired) electrons. The first-order valence-electron chi connectivity index (χ1n) is 2.63. The molecule has 0 aliphatic rings. The van der Waals surface area contributed by atoms with E-state index in [0.29, 0.717) is 0 Å². The van der Waals surface area contributed by atoms with Gasteiger partial charge in [-0.25, -0.2) is 4.79 Å². The maximum atomic E-state index is 10.5. The molecule has 0 aromatic carbocycles. The summed E-state index contributed by atoms with van der Waals surface area (Å²) < 4.78 is 1.87. The molecule has 1 rings (SSSR count). The highest BCUT2D eigenvalue weighted by atomic mass is 79.9. The van der Waals surface area contributed by atoms with Gasteiger partial charge in [0.1, 0.15) is 0 Å². The van der Waals surface area contributed by atoms with Crippen LogP contribution in [-0.4, -0.2) is 15.8 Å². The molecule has 1 amide bonds. The number of rotatable bonds is 0. The Morgan fingerprint density at radius 3 is 2.70 bits per heavy atom. The van der Waals surface area contributed by atoms with Crippen LogP contribution in [0, 0.1) is 6.92 Å². The molecule has 1 aromatic rings. The smallest absolute Gasteiger partial charge is 0.339 e. The van der Waals surface area contributed by atoms with Gasteiger partial charge >= 0.3 is 6.03 Å². The summed E-state index contributed by atoms with van der Waals surface area (Å²) >= 11 is 3.19. The van der Waals surface area contributed by atoms with Gasteiger partial charge < -0.3 is 5.73 Å². The van der Waals surface area contributed by atoms with E-state index in [4.69, 9.17) is 5.73 Å². The third-order valence-electron chi connectivity index (χ3n) is 1.06. The fourth-order valence-electron chi connectivity index (χ4n) is 0.552. The molecule has 0 saturated carbocycles. The summed E-state index contributed by atoms with van der Waals surface area (Å²) in [5, 5.41) is 3.80. The molecule has 0 aliphatic carbocycles. The molecular formula is C5H6BrN3O. The molecule has 0 saturated heterocycles. The van der Waals surface area contributed by atoms with Gasteiger partial charge in [0.2, 0.25) is 0 Å². The summed E-state index contributed by atoms with van der Waals surface area (Å²) in [6.07, 6.45) is 1.53. The summed E-state index contributed by atoms with van der Waals surface area (Å²) in [6.45, 7) is 1.78. The largest absolute Gasteiger partial charge is 0.350 e. The number of amides is 1. The molecule has 4 nitrogen and oxygen atoms in total. The molecule has 1 heterocycles. The lowest BCUT2D eigenvalue weighted by Crippen LogP contribution is -2.19. The predicted octanol–water partition coefficient (Wildman–Crippen LogP) is 0.881. The molecule has 1 aromatic heterocycles. The van der Waals surface area contributed by atoms with E-state index < -0.39 is 6.03 Å². The van der Waals surface area contributed by atoms with Crippen LogP contribution in [0.1, 0.15) is 5.69 Å².